The van der Waals surface area contributed by atoms with Gasteiger partial charge in [-0.05, 0) is 42.5 Å². The second-order valence-electron chi connectivity index (χ2n) is 5.45. The van der Waals surface area contributed by atoms with Crippen molar-refractivity contribution in [1.82, 2.24) is 15.4 Å². The first kappa shape index (κ1) is 18.1. The Morgan fingerprint density at radius 2 is 1.74 bits per heavy atom. The number of carbonyl (C=O) groups is 1. The molecule has 0 spiro atoms. The second-order valence-corrected chi connectivity index (χ2v) is 5.86. The number of non-ortho nitro benzene ring substituents is 1. The van der Waals surface area contributed by atoms with Crippen molar-refractivity contribution in [1.29, 1.82) is 0 Å². The summed E-state index contributed by atoms with van der Waals surface area (Å²) in [7, 11) is 0. The Morgan fingerprint density at radius 1 is 1.00 bits per heavy atom. The number of hydrazine groups is 1. The Kier molecular flexibility index (Phi) is 5.43. The Balaban J connectivity index is 1.64. The van der Waals surface area contributed by atoms with Crippen molar-refractivity contribution in [2.45, 2.75) is 0 Å². The van der Waals surface area contributed by atoms with Gasteiger partial charge in [-0.1, -0.05) is 18.2 Å². The summed E-state index contributed by atoms with van der Waals surface area (Å²) in [5, 5.41) is 13.7. The molecule has 0 unspecified atom stereocenters. The van der Waals surface area contributed by atoms with Crippen LogP contribution in [0.15, 0.2) is 73.1 Å². The number of hydrogen-bond acceptors (Lipinski definition) is 4. The quantitative estimate of drug-likeness (QED) is 0.365. The molecule has 0 atom stereocenters. The zero-order chi connectivity index (χ0) is 19.2. The molecule has 0 radical (unpaired) electrons. The summed E-state index contributed by atoms with van der Waals surface area (Å²) >= 11 is 5.11. The van der Waals surface area contributed by atoms with Crippen molar-refractivity contribution in [3.05, 3.63) is 88.7 Å². The Hall–Kier alpha value is -3.72. The number of aromatic nitrogens is 1. The molecule has 0 saturated heterocycles. The van der Waals surface area contributed by atoms with Gasteiger partial charge < -0.3 is 9.88 Å². The summed E-state index contributed by atoms with van der Waals surface area (Å²) in [5.41, 5.74) is 6.66. The lowest BCUT2D eigenvalue weighted by Gasteiger charge is -2.14. The van der Waals surface area contributed by atoms with Crippen LogP contribution in [0, 0.1) is 10.1 Å². The minimum atomic E-state index is -0.498. The van der Waals surface area contributed by atoms with Crippen LogP contribution in [0.3, 0.4) is 0 Å². The van der Waals surface area contributed by atoms with Crippen LogP contribution in [-0.4, -0.2) is 20.5 Å². The minimum Gasteiger partial charge on any atom is -0.331 e. The van der Waals surface area contributed by atoms with Crippen LogP contribution in [0.25, 0.3) is 5.69 Å². The first-order chi connectivity index (χ1) is 13.0. The van der Waals surface area contributed by atoms with Gasteiger partial charge in [0.2, 0.25) is 0 Å². The van der Waals surface area contributed by atoms with Crippen molar-refractivity contribution < 1.29 is 9.72 Å². The molecule has 0 saturated carbocycles. The fraction of sp³-hybridized carbons (Fsp3) is 0. The summed E-state index contributed by atoms with van der Waals surface area (Å²) in [4.78, 5) is 22.8. The number of rotatable bonds is 4. The minimum absolute atomic E-state index is 0.0625. The molecule has 0 aliphatic heterocycles. The zero-order valence-corrected chi connectivity index (χ0v) is 14.8. The Morgan fingerprint density at radius 3 is 2.48 bits per heavy atom. The predicted molar refractivity (Wildman–Crippen MR) is 106 cm³/mol. The number of nitrogens with zero attached hydrogens (tertiary/aromatic N) is 2. The average Bonchev–Trinajstić information content (AvgIpc) is 3.21. The van der Waals surface area contributed by atoms with Crippen LogP contribution in [0.1, 0.15) is 10.4 Å². The predicted octanol–water partition coefficient (Wildman–Crippen LogP) is 3.02. The van der Waals surface area contributed by atoms with Gasteiger partial charge in [-0.3, -0.25) is 25.8 Å². The van der Waals surface area contributed by atoms with Crippen LogP contribution in [0.4, 0.5) is 11.4 Å². The number of thiocarbonyl (C=S) groups is 1. The van der Waals surface area contributed by atoms with Gasteiger partial charge in [0.1, 0.15) is 0 Å². The largest absolute Gasteiger partial charge is 0.331 e. The van der Waals surface area contributed by atoms with E-state index in [1.165, 1.54) is 18.2 Å². The third kappa shape index (κ3) is 4.47. The third-order valence-electron chi connectivity index (χ3n) is 3.64. The van der Waals surface area contributed by atoms with E-state index in [0.29, 0.717) is 11.3 Å². The first-order valence-corrected chi connectivity index (χ1v) is 8.29. The van der Waals surface area contributed by atoms with E-state index in [1.54, 1.807) is 18.2 Å². The fourth-order valence-corrected chi connectivity index (χ4v) is 2.60. The van der Waals surface area contributed by atoms with E-state index in [1.807, 2.05) is 41.2 Å². The van der Waals surface area contributed by atoms with Crippen molar-refractivity contribution >= 4 is 34.6 Å². The van der Waals surface area contributed by atoms with Gasteiger partial charge in [0.15, 0.2) is 5.11 Å². The first-order valence-electron chi connectivity index (χ1n) is 7.89. The monoisotopic (exact) mass is 381 g/mol. The summed E-state index contributed by atoms with van der Waals surface area (Å²) in [5.74, 6) is -0.373. The third-order valence-corrected chi connectivity index (χ3v) is 3.84. The normalized spacial score (nSPS) is 10.1. The molecular weight excluding hydrogens is 366 g/mol. The van der Waals surface area contributed by atoms with Gasteiger partial charge in [-0.2, -0.15) is 0 Å². The smallest absolute Gasteiger partial charge is 0.271 e. The van der Waals surface area contributed by atoms with E-state index >= 15 is 0 Å². The summed E-state index contributed by atoms with van der Waals surface area (Å²) in [6.45, 7) is 0. The van der Waals surface area contributed by atoms with Crippen molar-refractivity contribution in [2.24, 2.45) is 0 Å². The number of nitro benzene ring substituents is 1. The standard InChI is InChI=1S/C18H15N5O3S/c24-17(15-8-1-2-9-16(15)22-10-3-4-11-22)20-21-18(27)19-13-6-5-7-14(12-13)23(25)26/h1-12H,(H,20,24)(H2,19,21,27). The second kappa shape index (κ2) is 8.11. The number of amides is 1. The molecule has 9 heteroatoms. The molecule has 0 aliphatic carbocycles. The van der Waals surface area contributed by atoms with Crippen LogP contribution in [-0.2, 0) is 0 Å². The van der Waals surface area contributed by atoms with E-state index in [-0.39, 0.29) is 16.7 Å². The average molecular weight is 381 g/mol. The Bertz CT molecular complexity index is 988. The lowest BCUT2D eigenvalue weighted by Crippen LogP contribution is -2.44. The SMILES string of the molecule is O=C(NNC(=S)Nc1cccc([N+](=O)[O-])c1)c1ccccc1-n1cccc1. The number of nitrogens with one attached hydrogen (secondary N) is 3. The van der Waals surface area contributed by atoms with Crippen molar-refractivity contribution in [2.75, 3.05) is 5.32 Å². The number of nitro groups is 1. The van der Waals surface area contributed by atoms with Gasteiger partial charge in [0.25, 0.3) is 11.6 Å². The van der Waals surface area contributed by atoms with Crippen LogP contribution < -0.4 is 16.2 Å². The lowest BCUT2D eigenvalue weighted by atomic mass is 10.1. The van der Waals surface area contributed by atoms with Gasteiger partial charge >= 0.3 is 0 Å². The fourth-order valence-electron chi connectivity index (χ4n) is 2.43. The molecule has 1 amide bonds. The number of carbonyl (C=O) groups excluding carboxylic acids is 1. The highest BCUT2D eigenvalue weighted by Crippen LogP contribution is 2.17. The molecule has 0 fully saturated rings. The van der Waals surface area contributed by atoms with Gasteiger partial charge in [-0.15, -0.1) is 0 Å². The molecule has 3 aromatic rings. The zero-order valence-electron chi connectivity index (χ0n) is 14.0. The van der Waals surface area contributed by atoms with Gasteiger partial charge in [0.05, 0.1) is 16.2 Å². The topological polar surface area (TPSA) is 101 Å². The molecule has 2 aromatic carbocycles. The van der Waals surface area contributed by atoms with Gasteiger partial charge in [-0.25, -0.2) is 0 Å². The number of benzene rings is 2. The van der Waals surface area contributed by atoms with E-state index in [0.717, 1.165) is 5.69 Å². The molecule has 0 bridgehead atoms. The molecule has 0 aliphatic rings. The summed E-state index contributed by atoms with van der Waals surface area (Å²) in [6, 6.07) is 16.8. The molecule has 136 valence electrons. The molecule has 3 N–H and O–H groups in total. The lowest BCUT2D eigenvalue weighted by molar-refractivity contribution is -0.384. The number of para-hydroxylation sites is 1. The maximum atomic E-state index is 12.5. The Labute approximate surface area is 159 Å². The highest BCUT2D eigenvalue weighted by atomic mass is 32.1. The number of hydrogen-bond donors (Lipinski definition) is 3. The molecule has 3 rings (SSSR count). The van der Waals surface area contributed by atoms with Crippen molar-refractivity contribution in [3.63, 3.8) is 0 Å². The van der Waals surface area contributed by atoms with E-state index < -0.39 is 4.92 Å². The maximum absolute atomic E-state index is 12.5. The molecule has 1 aromatic heterocycles. The maximum Gasteiger partial charge on any atom is 0.271 e. The highest BCUT2D eigenvalue weighted by Gasteiger charge is 2.12. The molecule has 27 heavy (non-hydrogen) atoms. The van der Waals surface area contributed by atoms with E-state index in [9.17, 15) is 14.9 Å². The summed E-state index contributed by atoms with van der Waals surface area (Å²) in [6.07, 6.45) is 3.68. The number of anilines is 1. The van der Waals surface area contributed by atoms with Crippen molar-refractivity contribution in [3.8, 4) is 5.69 Å². The van der Waals surface area contributed by atoms with E-state index in [2.05, 4.69) is 16.2 Å². The molecule has 8 nitrogen and oxygen atoms in total. The molecule has 1 heterocycles. The van der Waals surface area contributed by atoms with Crippen LogP contribution >= 0.6 is 12.2 Å². The summed E-state index contributed by atoms with van der Waals surface area (Å²) < 4.78 is 1.83. The highest BCUT2D eigenvalue weighted by molar-refractivity contribution is 7.80. The van der Waals surface area contributed by atoms with Crippen LogP contribution in [0.5, 0.6) is 0 Å². The van der Waals surface area contributed by atoms with Crippen LogP contribution in [0.2, 0.25) is 0 Å². The van der Waals surface area contributed by atoms with E-state index in [4.69, 9.17) is 12.2 Å². The molecular formula is C18H15N5O3S. The van der Waals surface area contributed by atoms with Gasteiger partial charge in [0, 0.05) is 30.2 Å².